The molecule has 70 heavy (non-hydrogen) atoms. The maximum Gasteiger partial charge on any atom is 0.101 e. The van der Waals surface area contributed by atoms with Crippen molar-refractivity contribution >= 4 is 60.3 Å². The van der Waals surface area contributed by atoms with Gasteiger partial charge < -0.3 is 9.47 Å². The molecule has 0 radical (unpaired) electrons. The molecule has 12 aromatic rings. The number of hydrogen-bond acceptors (Lipinski definition) is 2. The molecule has 0 spiro atoms. The summed E-state index contributed by atoms with van der Waals surface area (Å²) in [7, 11) is 0. The molecule has 0 N–H and O–H groups in total. The van der Waals surface area contributed by atoms with E-state index in [0.29, 0.717) is 0 Å². The molecule has 0 saturated carbocycles. The fraction of sp³-hybridized carbons (Fsp3) is 0.0746. The van der Waals surface area contributed by atoms with Gasteiger partial charge in [0.2, 0.25) is 0 Å². The number of anilines is 3. The Morgan fingerprint density at radius 3 is 1.77 bits per heavy atom. The van der Waals surface area contributed by atoms with Crippen LogP contribution in [0.2, 0.25) is 0 Å². The van der Waals surface area contributed by atoms with Crippen LogP contribution in [0, 0.1) is 0 Å². The summed E-state index contributed by atoms with van der Waals surface area (Å²) in [6, 6.07) is 92.4. The van der Waals surface area contributed by atoms with E-state index in [9.17, 15) is 0 Å². The molecule has 0 fully saturated rings. The lowest BCUT2D eigenvalue weighted by molar-refractivity contribution is 0.590. The molecule has 0 saturated heterocycles. The molecule has 2 aromatic heterocycles. The Balaban J connectivity index is 0.903. The molecular formula is C67H50N2S. The molecule has 3 heteroatoms. The summed E-state index contributed by atoms with van der Waals surface area (Å²) in [5, 5.41) is 6.08. The van der Waals surface area contributed by atoms with Crippen LogP contribution in [0.1, 0.15) is 48.6 Å². The lowest BCUT2D eigenvalue weighted by Gasteiger charge is -2.34. The summed E-state index contributed by atoms with van der Waals surface area (Å²) < 4.78 is 2.47. The standard InChI is InChI=1S/C67H50N2S/c1-66(2,3)50-31-34-53(35-32-50)68(65-40-39-64(70-65)45-17-7-4-8-18-45)54-33-29-47-41-46(27-28-48(47)42-54)49-30-38-63-59(43-49)58-24-14-16-26-62(58)69(63)55-36-37-57-56-23-13-15-25-60(56)67(61(57)44-55,51-19-9-5-10-20-51)52-21-11-6-12-22-52/h4-44H,1-3H3. The van der Waals surface area contributed by atoms with Gasteiger partial charge in [0.25, 0.3) is 0 Å². The average molecular weight is 915 g/mol. The normalized spacial score (nSPS) is 12.9. The number of fused-ring (bicyclic) bond motifs is 7. The van der Waals surface area contributed by atoms with Crippen molar-refractivity contribution in [2.45, 2.75) is 31.6 Å². The number of nitrogens with zero attached hydrogens (tertiary/aromatic N) is 2. The largest absolute Gasteiger partial charge is 0.309 e. The van der Waals surface area contributed by atoms with Gasteiger partial charge in [-0.25, -0.2) is 0 Å². The van der Waals surface area contributed by atoms with E-state index < -0.39 is 5.41 Å². The first-order valence-electron chi connectivity index (χ1n) is 24.3. The molecule has 0 aliphatic heterocycles. The molecule has 1 aliphatic carbocycles. The van der Waals surface area contributed by atoms with Crippen molar-refractivity contribution in [1.29, 1.82) is 0 Å². The molecule has 0 amide bonds. The van der Waals surface area contributed by atoms with E-state index in [0.717, 1.165) is 17.1 Å². The number of para-hydroxylation sites is 1. The van der Waals surface area contributed by atoms with Crippen molar-refractivity contribution in [2.75, 3.05) is 4.90 Å². The molecular weight excluding hydrogens is 865 g/mol. The fourth-order valence-corrected chi connectivity index (χ4v) is 12.3. The molecule has 13 rings (SSSR count). The average Bonchev–Trinajstić information content (AvgIpc) is 4.11. The molecule has 2 heterocycles. The van der Waals surface area contributed by atoms with Crippen molar-refractivity contribution in [3.05, 3.63) is 277 Å². The zero-order valence-corrected chi connectivity index (χ0v) is 40.3. The summed E-state index contributed by atoms with van der Waals surface area (Å²) in [6.45, 7) is 6.82. The zero-order chi connectivity index (χ0) is 47.0. The predicted molar refractivity (Wildman–Crippen MR) is 298 cm³/mol. The zero-order valence-electron chi connectivity index (χ0n) is 39.5. The van der Waals surface area contributed by atoms with Crippen molar-refractivity contribution in [1.82, 2.24) is 4.57 Å². The van der Waals surface area contributed by atoms with Crippen LogP contribution >= 0.6 is 11.3 Å². The Labute approximate surface area is 414 Å². The third kappa shape index (κ3) is 6.76. The smallest absolute Gasteiger partial charge is 0.101 e. The SMILES string of the molecule is CC(C)(C)c1ccc(N(c2ccc3cc(-c4ccc5c(c4)c4ccccc4n5-c4ccc5c(c4)C(c4ccccc4)(c4ccccc4)c4ccccc4-5)ccc3c2)c2ccc(-c3ccccc3)s2)cc1. The summed E-state index contributed by atoms with van der Waals surface area (Å²) >= 11 is 1.82. The quantitative estimate of drug-likeness (QED) is 0.147. The summed E-state index contributed by atoms with van der Waals surface area (Å²) in [5.74, 6) is 0. The highest BCUT2D eigenvalue weighted by Crippen LogP contribution is 2.57. The first kappa shape index (κ1) is 41.9. The second-order valence-electron chi connectivity index (χ2n) is 19.7. The first-order chi connectivity index (χ1) is 34.3. The van der Waals surface area contributed by atoms with Crippen molar-refractivity contribution in [3.8, 4) is 38.4 Å². The lowest BCUT2D eigenvalue weighted by Crippen LogP contribution is -2.28. The minimum atomic E-state index is -0.473. The van der Waals surface area contributed by atoms with Crippen molar-refractivity contribution < 1.29 is 0 Å². The highest BCUT2D eigenvalue weighted by Gasteiger charge is 2.46. The van der Waals surface area contributed by atoms with Gasteiger partial charge in [0, 0.05) is 32.7 Å². The van der Waals surface area contributed by atoms with E-state index in [1.165, 1.54) is 98.1 Å². The second-order valence-corrected chi connectivity index (χ2v) is 20.8. The van der Waals surface area contributed by atoms with E-state index in [4.69, 9.17) is 0 Å². The third-order valence-corrected chi connectivity index (χ3v) is 15.8. The molecule has 334 valence electrons. The van der Waals surface area contributed by atoms with E-state index >= 15 is 0 Å². The minimum absolute atomic E-state index is 0.0736. The van der Waals surface area contributed by atoms with E-state index in [2.05, 4.69) is 279 Å². The van der Waals surface area contributed by atoms with Crippen LogP contribution in [-0.4, -0.2) is 4.57 Å². The maximum atomic E-state index is 2.47. The van der Waals surface area contributed by atoms with E-state index in [1.807, 2.05) is 11.3 Å². The topological polar surface area (TPSA) is 8.17 Å². The van der Waals surface area contributed by atoms with Crippen LogP contribution in [0.15, 0.2) is 249 Å². The molecule has 10 aromatic carbocycles. The van der Waals surface area contributed by atoms with Gasteiger partial charge in [-0.3, -0.25) is 0 Å². The summed E-state index contributed by atoms with van der Waals surface area (Å²) in [5.41, 5.74) is 18.1. The number of rotatable bonds is 8. The summed E-state index contributed by atoms with van der Waals surface area (Å²) in [4.78, 5) is 3.66. The molecule has 0 atom stereocenters. The highest BCUT2D eigenvalue weighted by atomic mass is 32.1. The Kier molecular flexibility index (Phi) is 9.86. The van der Waals surface area contributed by atoms with Crippen molar-refractivity contribution in [2.24, 2.45) is 0 Å². The first-order valence-corrected chi connectivity index (χ1v) is 25.1. The van der Waals surface area contributed by atoms with Gasteiger partial charge >= 0.3 is 0 Å². The van der Waals surface area contributed by atoms with Gasteiger partial charge in [0.1, 0.15) is 5.00 Å². The monoisotopic (exact) mass is 914 g/mol. The van der Waals surface area contributed by atoms with Gasteiger partial charge in [-0.15, -0.1) is 11.3 Å². The number of thiophene rings is 1. The highest BCUT2D eigenvalue weighted by molar-refractivity contribution is 7.19. The third-order valence-electron chi connectivity index (χ3n) is 14.7. The van der Waals surface area contributed by atoms with E-state index in [1.54, 1.807) is 0 Å². The number of benzene rings is 10. The molecule has 0 bridgehead atoms. The van der Waals surface area contributed by atoms with Crippen LogP contribution < -0.4 is 4.90 Å². The lowest BCUT2D eigenvalue weighted by atomic mass is 9.67. The Hall–Kier alpha value is -8.24. The van der Waals surface area contributed by atoms with Crippen LogP contribution in [0.5, 0.6) is 0 Å². The summed E-state index contributed by atoms with van der Waals surface area (Å²) in [6.07, 6.45) is 0. The van der Waals surface area contributed by atoms with Gasteiger partial charge in [-0.1, -0.05) is 197 Å². The van der Waals surface area contributed by atoms with Gasteiger partial charge in [0.05, 0.1) is 16.4 Å². The Morgan fingerprint density at radius 1 is 0.414 bits per heavy atom. The number of hydrogen-bond donors (Lipinski definition) is 0. The fourth-order valence-electron chi connectivity index (χ4n) is 11.3. The van der Waals surface area contributed by atoms with E-state index in [-0.39, 0.29) is 5.41 Å². The van der Waals surface area contributed by atoms with Crippen LogP contribution in [0.25, 0.3) is 71.0 Å². The number of aromatic nitrogens is 1. The molecule has 2 nitrogen and oxygen atoms in total. The van der Waals surface area contributed by atoms with Gasteiger partial charge in [0.15, 0.2) is 0 Å². The molecule has 0 unspecified atom stereocenters. The maximum absolute atomic E-state index is 2.47. The minimum Gasteiger partial charge on any atom is -0.309 e. The van der Waals surface area contributed by atoms with Crippen LogP contribution in [0.3, 0.4) is 0 Å². The predicted octanol–water partition coefficient (Wildman–Crippen LogP) is 18.5. The Morgan fingerprint density at radius 2 is 1.01 bits per heavy atom. The van der Waals surface area contributed by atoms with Crippen molar-refractivity contribution in [3.63, 3.8) is 0 Å². The molecule has 1 aliphatic rings. The Bertz CT molecular complexity index is 3870. The second kappa shape index (κ2) is 16.5. The van der Waals surface area contributed by atoms with Gasteiger partial charge in [-0.2, -0.15) is 0 Å². The van der Waals surface area contributed by atoms with Gasteiger partial charge in [-0.05, 0) is 145 Å². The van der Waals surface area contributed by atoms with Crippen LogP contribution in [0.4, 0.5) is 16.4 Å². The van der Waals surface area contributed by atoms with Crippen LogP contribution in [-0.2, 0) is 10.8 Å².